The number of nitrogens with two attached hydrogens (primary N) is 1. The summed E-state index contributed by atoms with van der Waals surface area (Å²) in [5, 5.41) is 0. The van der Waals surface area contributed by atoms with Gasteiger partial charge >= 0.3 is 5.97 Å². The molecule has 1 atom stereocenters. The van der Waals surface area contributed by atoms with E-state index in [0.29, 0.717) is 12.0 Å². The average molecular weight is 228 g/mol. The summed E-state index contributed by atoms with van der Waals surface area (Å²) >= 11 is 0. The minimum absolute atomic E-state index is 0.314. The number of nitrogens with zero attached hydrogens (tertiary/aromatic N) is 1. The number of hydrogen-bond donors (Lipinski definition) is 1. The predicted octanol–water partition coefficient (Wildman–Crippen LogP) is 0.999. The van der Waals surface area contributed by atoms with Gasteiger partial charge in [-0.15, -0.1) is 0 Å². The molecule has 1 fully saturated rings. The Morgan fingerprint density at radius 2 is 2.12 bits per heavy atom. The Bertz CT molecular complexity index is 239. The van der Waals surface area contributed by atoms with Crippen molar-refractivity contribution in [3.05, 3.63) is 0 Å². The Morgan fingerprint density at radius 1 is 1.50 bits per heavy atom. The standard InChI is InChI=1S/C12H24N2O2/c1-4-12(5-2)6-7-14(9-12)8-10(13)11(15)16-3/h10H,4-9,13H2,1-3H3. The third-order valence-electron chi connectivity index (χ3n) is 3.98. The number of rotatable bonds is 5. The predicted molar refractivity (Wildman–Crippen MR) is 64.1 cm³/mol. The minimum atomic E-state index is -0.505. The largest absolute Gasteiger partial charge is 0.468 e. The van der Waals surface area contributed by atoms with Gasteiger partial charge in [0, 0.05) is 13.1 Å². The van der Waals surface area contributed by atoms with E-state index in [2.05, 4.69) is 23.5 Å². The Kier molecular flexibility index (Phi) is 4.74. The topological polar surface area (TPSA) is 55.6 Å². The number of ether oxygens (including phenoxy) is 1. The van der Waals surface area contributed by atoms with Crippen LogP contribution in [0, 0.1) is 5.41 Å². The van der Waals surface area contributed by atoms with Crippen molar-refractivity contribution in [1.82, 2.24) is 4.90 Å². The van der Waals surface area contributed by atoms with Crippen LogP contribution in [-0.4, -0.2) is 43.7 Å². The second-order valence-corrected chi connectivity index (χ2v) is 4.82. The highest BCUT2D eigenvalue weighted by atomic mass is 16.5. The lowest BCUT2D eigenvalue weighted by atomic mass is 9.82. The summed E-state index contributed by atoms with van der Waals surface area (Å²) in [6.45, 7) is 7.21. The maximum atomic E-state index is 11.2. The third kappa shape index (κ3) is 2.95. The van der Waals surface area contributed by atoms with Crippen molar-refractivity contribution in [3.8, 4) is 0 Å². The summed E-state index contributed by atoms with van der Waals surface area (Å²) in [6, 6.07) is -0.505. The van der Waals surface area contributed by atoms with Gasteiger partial charge in [0.25, 0.3) is 0 Å². The molecule has 0 amide bonds. The molecule has 0 bridgehead atoms. The van der Waals surface area contributed by atoms with Gasteiger partial charge in [-0.3, -0.25) is 4.79 Å². The lowest BCUT2D eigenvalue weighted by Crippen LogP contribution is -2.43. The van der Waals surface area contributed by atoms with Crippen molar-refractivity contribution in [1.29, 1.82) is 0 Å². The van der Waals surface area contributed by atoms with Gasteiger partial charge in [0.2, 0.25) is 0 Å². The lowest BCUT2D eigenvalue weighted by molar-refractivity contribution is -0.142. The highest BCUT2D eigenvalue weighted by molar-refractivity contribution is 5.75. The fourth-order valence-electron chi connectivity index (χ4n) is 2.51. The monoisotopic (exact) mass is 228 g/mol. The number of carbonyl (C=O) groups is 1. The average Bonchev–Trinajstić information content (AvgIpc) is 2.72. The molecule has 4 heteroatoms. The molecule has 4 nitrogen and oxygen atoms in total. The van der Waals surface area contributed by atoms with Gasteiger partial charge in [0.05, 0.1) is 7.11 Å². The first-order chi connectivity index (χ1) is 7.56. The Hall–Kier alpha value is -0.610. The molecule has 1 saturated heterocycles. The zero-order valence-electron chi connectivity index (χ0n) is 10.7. The van der Waals surface area contributed by atoms with E-state index in [-0.39, 0.29) is 5.97 Å². The van der Waals surface area contributed by atoms with Crippen LogP contribution in [0.4, 0.5) is 0 Å². The van der Waals surface area contributed by atoms with Crippen LogP contribution in [0.3, 0.4) is 0 Å². The van der Waals surface area contributed by atoms with E-state index in [9.17, 15) is 4.79 Å². The SMILES string of the molecule is CCC1(CC)CCN(CC(N)C(=O)OC)C1. The van der Waals surface area contributed by atoms with E-state index in [4.69, 9.17) is 5.73 Å². The zero-order chi connectivity index (χ0) is 12.2. The molecule has 94 valence electrons. The number of hydrogen-bond acceptors (Lipinski definition) is 4. The highest BCUT2D eigenvalue weighted by Gasteiger charge is 2.35. The van der Waals surface area contributed by atoms with E-state index in [1.807, 2.05) is 0 Å². The van der Waals surface area contributed by atoms with Crippen LogP contribution in [0.1, 0.15) is 33.1 Å². The number of methoxy groups -OCH3 is 1. The molecule has 0 aliphatic carbocycles. The molecule has 1 unspecified atom stereocenters. The van der Waals surface area contributed by atoms with Gasteiger partial charge in [0.15, 0.2) is 0 Å². The quantitative estimate of drug-likeness (QED) is 0.713. The van der Waals surface area contributed by atoms with Crippen LogP contribution < -0.4 is 5.73 Å². The molecule has 1 aliphatic heterocycles. The second-order valence-electron chi connectivity index (χ2n) is 4.82. The normalized spacial score (nSPS) is 22.0. The van der Waals surface area contributed by atoms with Crippen molar-refractivity contribution in [2.24, 2.45) is 11.1 Å². The fraction of sp³-hybridized carbons (Fsp3) is 0.917. The first-order valence-electron chi connectivity index (χ1n) is 6.12. The smallest absolute Gasteiger partial charge is 0.323 e. The second kappa shape index (κ2) is 5.64. The summed E-state index contributed by atoms with van der Waals surface area (Å²) in [4.78, 5) is 13.5. The van der Waals surface area contributed by atoms with E-state index in [1.54, 1.807) is 0 Å². The first kappa shape index (κ1) is 13.5. The molecule has 0 aromatic carbocycles. The molecule has 16 heavy (non-hydrogen) atoms. The van der Waals surface area contributed by atoms with Crippen LogP contribution in [0.5, 0.6) is 0 Å². The van der Waals surface area contributed by atoms with Crippen LogP contribution in [0.25, 0.3) is 0 Å². The summed E-state index contributed by atoms with van der Waals surface area (Å²) in [7, 11) is 1.38. The van der Waals surface area contributed by atoms with E-state index >= 15 is 0 Å². The minimum Gasteiger partial charge on any atom is -0.468 e. The van der Waals surface area contributed by atoms with E-state index in [1.165, 1.54) is 26.4 Å². The summed E-state index contributed by atoms with van der Waals surface area (Å²) in [6.07, 6.45) is 3.62. The molecule has 0 aromatic rings. The van der Waals surface area contributed by atoms with Gasteiger partial charge in [0.1, 0.15) is 6.04 Å². The van der Waals surface area contributed by atoms with Crippen LogP contribution in [0.15, 0.2) is 0 Å². The van der Waals surface area contributed by atoms with Gasteiger partial charge in [-0.05, 0) is 31.2 Å². The van der Waals surface area contributed by atoms with Crippen molar-refractivity contribution in [3.63, 3.8) is 0 Å². The third-order valence-corrected chi connectivity index (χ3v) is 3.98. The zero-order valence-corrected chi connectivity index (χ0v) is 10.7. The molecule has 0 saturated carbocycles. The van der Waals surface area contributed by atoms with Crippen molar-refractivity contribution in [2.45, 2.75) is 39.2 Å². The molecule has 1 heterocycles. The van der Waals surface area contributed by atoms with E-state index < -0.39 is 6.04 Å². The van der Waals surface area contributed by atoms with Crippen molar-refractivity contribution < 1.29 is 9.53 Å². The molecule has 0 spiro atoms. The Balaban J connectivity index is 2.45. The van der Waals surface area contributed by atoms with Crippen LogP contribution in [-0.2, 0) is 9.53 Å². The molecule has 1 aliphatic rings. The number of likely N-dealkylation sites (tertiary alicyclic amines) is 1. The molecule has 1 rings (SSSR count). The molecular weight excluding hydrogens is 204 g/mol. The van der Waals surface area contributed by atoms with E-state index in [0.717, 1.165) is 13.1 Å². The van der Waals surface area contributed by atoms with Crippen molar-refractivity contribution in [2.75, 3.05) is 26.7 Å². The summed E-state index contributed by atoms with van der Waals surface area (Å²) in [5.74, 6) is -0.314. The molecule has 2 N–H and O–H groups in total. The highest BCUT2D eigenvalue weighted by Crippen LogP contribution is 2.36. The van der Waals surface area contributed by atoms with Gasteiger partial charge in [-0.1, -0.05) is 13.8 Å². The lowest BCUT2D eigenvalue weighted by Gasteiger charge is -2.27. The Morgan fingerprint density at radius 3 is 2.56 bits per heavy atom. The first-order valence-corrected chi connectivity index (χ1v) is 6.12. The van der Waals surface area contributed by atoms with Crippen LogP contribution in [0.2, 0.25) is 0 Å². The maximum absolute atomic E-state index is 11.2. The molecule has 0 radical (unpaired) electrons. The van der Waals surface area contributed by atoms with Gasteiger partial charge in [-0.25, -0.2) is 0 Å². The van der Waals surface area contributed by atoms with Gasteiger partial charge in [-0.2, -0.15) is 0 Å². The Labute approximate surface area is 98.1 Å². The number of esters is 1. The summed E-state index contributed by atoms with van der Waals surface area (Å²) < 4.78 is 4.64. The maximum Gasteiger partial charge on any atom is 0.323 e. The van der Waals surface area contributed by atoms with Gasteiger partial charge < -0.3 is 15.4 Å². The van der Waals surface area contributed by atoms with Crippen molar-refractivity contribution >= 4 is 5.97 Å². The molecular formula is C12H24N2O2. The fourth-order valence-corrected chi connectivity index (χ4v) is 2.51. The molecule has 0 aromatic heterocycles. The summed E-state index contributed by atoms with van der Waals surface area (Å²) in [5.41, 5.74) is 6.20. The van der Waals surface area contributed by atoms with Crippen LogP contribution >= 0.6 is 0 Å². The number of carbonyl (C=O) groups excluding carboxylic acids is 1.